The van der Waals surface area contributed by atoms with Gasteiger partial charge in [0, 0.05) is 25.4 Å². The van der Waals surface area contributed by atoms with Crippen molar-refractivity contribution in [3.63, 3.8) is 0 Å². The molecule has 1 unspecified atom stereocenters. The van der Waals surface area contributed by atoms with Gasteiger partial charge in [0.25, 0.3) is 0 Å². The second kappa shape index (κ2) is 4.94. The zero-order chi connectivity index (χ0) is 10.6. The average molecular weight is 194 g/mol. The first kappa shape index (κ1) is 11.0. The topological polar surface area (TPSA) is 34.9 Å². The minimum atomic E-state index is 0.164. The van der Waals surface area contributed by atoms with Crippen LogP contribution in [0.1, 0.15) is 32.5 Å². The molecule has 0 N–H and O–H groups in total. The van der Waals surface area contributed by atoms with E-state index >= 15 is 0 Å². The predicted molar refractivity (Wildman–Crippen MR) is 56.0 cm³/mol. The summed E-state index contributed by atoms with van der Waals surface area (Å²) in [6.07, 6.45) is 6.10. The van der Waals surface area contributed by atoms with E-state index in [4.69, 9.17) is 0 Å². The number of hydrogen-bond acceptors (Lipinski definition) is 2. The van der Waals surface area contributed by atoms with Crippen LogP contribution in [0.15, 0.2) is 12.4 Å². The maximum absolute atomic E-state index is 11.7. The lowest BCUT2D eigenvalue weighted by atomic mass is 9.99. The Bertz CT molecular complexity index is 304. The summed E-state index contributed by atoms with van der Waals surface area (Å²) in [5, 5.41) is 0. The van der Waals surface area contributed by atoms with Crippen LogP contribution in [-0.2, 0) is 18.3 Å². The first-order valence-corrected chi connectivity index (χ1v) is 5.14. The minimum absolute atomic E-state index is 0.164. The summed E-state index contributed by atoms with van der Waals surface area (Å²) >= 11 is 0. The van der Waals surface area contributed by atoms with Crippen LogP contribution in [0.2, 0.25) is 0 Å². The van der Waals surface area contributed by atoms with E-state index in [2.05, 4.69) is 11.9 Å². The quantitative estimate of drug-likeness (QED) is 0.718. The molecule has 1 rings (SSSR count). The molecule has 0 radical (unpaired) electrons. The molecular formula is C11H18N2O. The van der Waals surface area contributed by atoms with Gasteiger partial charge in [0.15, 0.2) is 0 Å². The lowest BCUT2D eigenvalue weighted by molar-refractivity contribution is -0.122. The van der Waals surface area contributed by atoms with Crippen LogP contribution in [0.4, 0.5) is 0 Å². The molecule has 0 amide bonds. The zero-order valence-electron chi connectivity index (χ0n) is 9.16. The Kier molecular flexibility index (Phi) is 3.86. The molecule has 1 aromatic rings. The van der Waals surface area contributed by atoms with Gasteiger partial charge in [-0.05, 0) is 6.42 Å². The molecule has 3 heteroatoms. The number of nitrogens with zero attached hydrogens (tertiary/aromatic N) is 2. The van der Waals surface area contributed by atoms with Crippen molar-refractivity contribution in [2.45, 2.75) is 33.1 Å². The number of hydrogen-bond donors (Lipinski definition) is 0. The SMILES string of the molecule is CCCC(C)C(=O)Cc1nccn1C. The molecule has 14 heavy (non-hydrogen) atoms. The number of aromatic nitrogens is 2. The number of ketones is 1. The summed E-state index contributed by atoms with van der Waals surface area (Å²) < 4.78 is 1.90. The van der Waals surface area contributed by atoms with Gasteiger partial charge in [0.1, 0.15) is 11.6 Å². The number of carbonyl (C=O) groups excluding carboxylic acids is 1. The summed E-state index contributed by atoms with van der Waals surface area (Å²) in [5.74, 6) is 1.32. The standard InChI is InChI=1S/C11H18N2O/c1-4-5-9(2)10(14)8-11-12-6-7-13(11)3/h6-7,9H,4-5,8H2,1-3H3. The Labute approximate surface area is 85.2 Å². The molecule has 0 spiro atoms. The first-order chi connectivity index (χ1) is 6.65. The van der Waals surface area contributed by atoms with Gasteiger partial charge in [-0.1, -0.05) is 20.3 Å². The summed E-state index contributed by atoms with van der Waals surface area (Å²) in [5.41, 5.74) is 0. The van der Waals surface area contributed by atoms with E-state index in [9.17, 15) is 4.79 Å². The fourth-order valence-electron chi connectivity index (χ4n) is 1.49. The summed E-state index contributed by atoms with van der Waals surface area (Å²) in [6.45, 7) is 4.10. The van der Waals surface area contributed by atoms with Crippen molar-refractivity contribution in [2.24, 2.45) is 13.0 Å². The molecule has 0 fully saturated rings. The molecule has 0 bridgehead atoms. The summed E-state index contributed by atoms with van der Waals surface area (Å²) in [7, 11) is 1.92. The number of aryl methyl sites for hydroxylation is 1. The highest BCUT2D eigenvalue weighted by atomic mass is 16.1. The number of Topliss-reactive ketones (excluding diaryl/α,β-unsaturated/α-hetero) is 1. The van der Waals surface area contributed by atoms with E-state index in [0.717, 1.165) is 18.7 Å². The normalized spacial score (nSPS) is 12.8. The molecule has 0 saturated carbocycles. The van der Waals surface area contributed by atoms with Gasteiger partial charge in [-0.15, -0.1) is 0 Å². The molecule has 0 aliphatic heterocycles. The van der Waals surface area contributed by atoms with Gasteiger partial charge in [-0.2, -0.15) is 0 Å². The van der Waals surface area contributed by atoms with Crippen molar-refractivity contribution in [3.05, 3.63) is 18.2 Å². The number of carbonyl (C=O) groups is 1. The summed E-state index contributed by atoms with van der Waals surface area (Å²) in [6, 6.07) is 0. The second-order valence-corrected chi connectivity index (χ2v) is 3.79. The third-order valence-electron chi connectivity index (χ3n) is 2.52. The van der Waals surface area contributed by atoms with E-state index in [1.165, 1.54) is 0 Å². The van der Waals surface area contributed by atoms with E-state index in [1.807, 2.05) is 24.7 Å². The molecule has 0 saturated heterocycles. The lowest BCUT2D eigenvalue weighted by Crippen LogP contribution is -2.15. The lowest BCUT2D eigenvalue weighted by Gasteiger charge is -2.08. The van der Waals surface area contributed by atoms with E-state index in [1.54, 1.807) is 6.20 Å². The first-order valence-electron chi connectivity index (χ1n) is 5.14. The molecule has 0 aliphatic rings. The highest BCUT2D eigenvalue weighted by molar-refractivity contribution is 5.82. The van der Waals surface area contributed by atoms with E-state index in [0.29, 0.717) is 12.2 Å². The predicted octanol–water partition coefficient (Wildman–Crippen LogP) is 1.97. The second-order valence-electron chi connectivity index (χ2n) is 3.79. The smallest absolute Gasteiger partial charge is 0.143 e. The van der Waals surface area contributed by atoms with Crippen LogP contribution in [-0.4, -0.2) is 15.3 Å². The Morgan fingerprint density at radius 3 is 2.86 bits per heavy atom. The molecule has 78 valence electrons. The highest BCUT2D eigenvalue weighted by Gasteiger charge is 2.14. The fraction of sp³-hybridized carbons (Fsp3) is 0.636. The molecule has 1 heterocycles. The van der Waals surface area contributed by atoms with Crippen LogP contribution >= 0.6 is 0 Å². The summed E-state index contributed by atoms with van der Waals surface area (Å²) in [4.78, 5) is 15.8. The Hall–Kier alpha value is -1.12. The zero-order valence-corrected chi connectivity index (χ0v) is 9.16. The van der Waals surface area contributed by atoms with Crippen molar-refractivity contribution in [1.29, 1.82) is 0 Å². The maximum Gasteiger partial charge on any atom is 0.143 e. The van der Waals surface area contributed by atoms with Crippen molar-refractivity contribution in [1.82, 2.24) is 9.55 Å². The molecule has 1 atom stereocenters. The van der Waals surface area contributed by atoms with Crippen LogP contribution < -0.4 is 0 Å². The van der Waals surface area contributed by atoms with Gasteiger partial charge in [0.05, 0.1) is 6.42 Å². The monoisotopic (exact) mass is 194 g/mol. The molecule has 0 aromatic carbocycles. The Balaban J connectivity index is 2.53. The van der Waals surface area contributed by atoms with Crippen LogP contribution in [0.3, 0.4) is 0 Å². The Morgan fingerprint density at radius 2 is 2.36 bits per heavy atom. The van der Waals surface area contributed by atoms with Crippen molar-refractivity contribution in [3.8, 4) is 0 Å². The van der Waals surface area contributed by atoms with Gasteiger partial charge < -0.3 is 4.57 Å². The molecular weight excluding hydrogens is 176 g/mol. The van der Waals surface area contributed by atoms with Crippen LogP contribution in [0, 0.1) is 5.92 Å². The minimum Gasteiger partial charge on any atom is -0.338 e. The van der Waals surface area contributed by atoms with Crippen LogP contribution in [0.5, 0.6) is 0 Å². The van der Waals surface area contributed by atoms with E-state index in [-0.39, 0.29) is 5.92 Å². The fourth-order valence-corrected chi connectivity index (χ4v) is 1.49. The van der Waals surface area contributed by atoms with Crippen molar-refractivity contribution < 1.29 is 4.79 Å². The van der Waals surface area contributed by atoms with Crippen LogP contribution in [0.25, 0.3) is 0 Å². The molecule has 0 aliphatic carbocycles. The third kappa shape index (κ3) is 2.69. The van der Waals surface area contributed by atoms with Gasteiger partial charge in [-0.3, -0.25) is 4.79 Å². The number of rotatable bonds is 5. The van der Waals surface area contributed by atoms with E-state index < -0.39 is 0 Å². The third-order valence-corrected chi connectivity index (χ3v) is 2.52. The van der Waals surface area contributed by atoms with Gasteiger partial charge in [0.2, 0.25) is 0 Å². The van der Waals surface area contributed by atoms with Gasteiger partial charge >= 0.3 is 0 Å². The largest absolute Gasteiger partial charge is 0.338 e. The van der Waals surface area contributed by atoms with Gasteiger partial charge in [-0.25, -0.2) is 4.98 Å². The molecule has 3 nitrogen and oxygen atoms in total. The van der Waals surface area contributed by atoms with Crippen molar-refractivity contribution in [2.75, 3.05) is 0 Å². The highest BCUT2D eigenvalue weighted by Crippen LogP contribution is 2.09. The van der Waals surface area contributed by atoms with Crippen molar-refractivity contribution >= 4 is 5.78 Å². The molecule has 1 aromatic heterocycles. The average Bonchev–Trinajstić information content (AvgIpc) is 2.52. The number of imidazole rings is 1. The Morgan fingerprint density at radius 1 is 1.64 bits per heavy atom. The maximum atomic E-state index is 11.7.